The van der Waals surface area contributed by atoms with Crippen molar-refractivity contribution in [2.75, 3.05) is 71.8 Å². The van der Waals surface area contributed by atoms with Gasteiger partial charge in [-0.25, -0.2) is 4.79 Å². The fourth-order valence-corrected chi connectivity index (χ4v) is 10.3. The second kappa shape index (κ2) is 35.5. The molecule has 3 aromatic carbocycles. The van der Waals surface area contributed by atoms with Gasteiger partial charge < -0.3 is 44.4 Å². The first-order valence-electron chi connectivity index (χ1n) is 26.2. The van der Waals surface area contributed by atoms with E-state index in [1.807, 2.05) is 25.6 Å². The average Bonchev–Trinajstić information content (AvgIpc) is 3.38. The van der Waals surface area contributed by atoms with Gasteiger partial charge in [0.15, 0.2) is 0 Å². The van der Waals surface area contributed by atoms with Crippen molar-refractivity contribution in [3.63, 3.8) is 0 Å². The van der Waals surface area contributed by atoms with Gasteiger partial charge in [-0.1, -0.05) is 143 Å². The second-order valence-corrected chi connectivity index (χ2v) is 19.1. The Labute approximate surface area is 428 Å². The van der Waals surface area contributed by atoms with Crippen LogP contribution < -0.4 is 16.0 Å². The van der Waals surface area contributed by atoms with Crippen LogP contribution in [0.5, 0.6) is 0 Å². The van der Waals surface area contributed by atoms with Crippen LogP contribution in [-0.4, -0.2) is 120 Å². The summed E-state index contributed by atoms with van der Waals surface area (Å²) in [5.41, 5.74) is 4.35. The highest BCUT2D eigenvalue weighted by molar-refractivity contribution is 8.00. The van der Waals surface area contributed by atoms with Gasteiger partial charge in [-0.05, 0) is 61.1 Å². The molecule has 1 aliphatic rings. The number of amides is 3. The number of ether oxygens (including phenoxy) is 6. The molecule has 3 N–H and O–H groups in total. The van der Waals surface area contributed by atoms with Crippen molar-refractivity contribution in [1.29, 1.82) is 0 Å². The molecule has 0 aliphatic heterocycles. The molecule has 0 bridgehead atoms. The van der Waals surface area contributed by atoms with Crippen molar-refractivity contribution in [2.24, 2.45) is 0 Å². The Bertz CT molecular complexity index is 1860. The summed E-state index contributed by atoms with van der Waals surface area (Å²) < 4.78 is 33.7. The smallest absolute Gasteiger partial charge is 0.333 e. The van der Waals surface area contributed by atoms with Crippen LogP contribution in [0.1, 0.15) is 128 Å². The number of hydrogen-bond acceptors (Lipinski definition) is 11. The summed E-state index contributed by atoms with van der Waals surface area (Å²) >= 11 is 2.05. The molecule has 0 heterocycles. The summed E-state index contributed by atoms with van der Waals surface area (Å²) in [6.45, 7) is 10.8. The zero-order valence-electron chi connectivity index (χ0n) is 43.0. The highest BCUT2D eigenvalue weighted by Crippen LogP contribution is 2.48. The Kier molecular flexibility index (Phi) is 29.5. The van der Waals surface area contributed by atoms with Gasteiger partial charge in [0.2, 0.25) is 17.7 Å². The van der Waals surface area contributed by atoms with Crippen LogP contribution >= 0.6 is 11.8 Å². The van der Waals surface area contributed by atoms with Gasteiger partial charge in [0.25, 0.3) is 0 Å². The van der Waals surface area contributed by atoms with Crippen LogP contribution in [0.4, 0.5) is 0 Å². The number of thioether (sulfide) groups is 1. The molecule has 392 valence electrons. The van der Waals surface area contributed by atoms with Crippen molar-refractivity contribution in [3.05, 3.63) is 119 Å². The van der Waals surface area contributed by atoms with Crippen LogP contribution in [0.3, 0.4) is 0 Å². The van der Waals surface area contributed by atoms with Gasteiger partial charge in [-0.15, -0.1) is 11.8 Å². The van der Waals surface area contributed by atoms with Gasteiger partial charge in [0.1, 0.15) is 0 Å². The third-order valence-corrected chi connectivity index (χ3v) is 14.1. The normalized spacial score (nSPS) is 15.8. The van der Waals surface area contributed by atoms with E-state index < -0.39 is 24.2 Å². The molecule has 1 aliphatic carbocycles. The lowest BCUT2D eigenvalue weighted by Crippen LogP contribution is -2.59. The van der Waals surface area contributed by atoms with Crippen molar-refractivity contribution in [3.8, 4) is 0 Å². The molecule has 13 nitrogen and oxygen atoms in total. The number of benzene rings is 3. The van der Waals surface area contributed by atoms with E-state index in [1.54, 1.807) is 13.0 Å². The predicted molar refractivity (Wildman–Crippen MR) is 282 cm³/mol. The SMILES string of the molecule is CCOC(=O)C1=C[C@@H](OC(CC)CC)[C@H](NC(C)=O)[C@@H](NC(=O)CCOCCOCCOCCOCCNC(=O)CCCCCCCCCCSC(c2ccccc2)(c2ccccc2)c2ccccc2)C1. The number of carbonyl (C=O) groups excluding carboxylic acids is 4. The molecule has 0 fully saturated rings. The zero-order valence-corrected chi connectivity index (χ0v) is 43.8. The van der Waals surface area contributed by atoms with Crippen LogP contribution in [-0.2, 0) is 52.3 Å². The largest absolute Gasteiger partial charge is 0.463 e. The third-order valence-electron chi connectivity index (χ3n) is 12.4. The summed E-state index contributed by atoms with van der Waals surface area (Å²) in [6.07, 6.45) is 12.6. The Morgan fingerprint density at radius 3 is 1.61 bits per heavy atom. The first-order valence-corrected chi connectivity index (χ1v) is 27.2. The molecule has 3 atom stereocenters. The first kappa shape index (κ1) is 59.0. The van der Waals surface area contributed by atoms with E-state index in [9.17, 15) is 19.2 Å². The molecule has 71 heavy (non-hydrogen) atoms. The molecule has 3 aromatic rings. The molecule has 0 saturated heterocycles. The second-order valence-electron chi connectivity index (χ2n) is 17.8. The van der Waals surface area contributed by atoms with Crippen LogP contribution in [0, 0.1) is 0 Å². The number of carbonyl (C=O) groups is 4. The van der Waals surface area contributed by atoms with E-state index in [2.05, 4.69) is 107 Å². The van der Waals surface area contributed by atoms with Crippen LogP contribution in [0.25, 0.3) is 0 Å². The van der Waals surface area contributed by atoms with Gasteiger partial charge in [-0.2, -0.15) is 0 Å². The molecule has 0 spiro atoms. The Morgan fingerprint density at radius 2 is 1.10 bits per heavy atom. The molecule has 0 radical (unpaired) electrons. The van der Waals surface area contributed by atoms with Gasteiger partial charge in [-0.3, -0.25) is 14.4 Å². The molecule has 3 amide bonds. The lowest BCUT2D eigenvalue weighted by Gasteiger charge is -2.38. The van der Waals surface area contributed by atoms with Gasteiger partial charge in [0.05, 0.1) is 88.5 Å². The van der Waals surface area contributed by atoms with Crippen molar-refractivity contribution >= 4 is 35.5 Å². The minimum atomic E-state index is -0.610. The quantitative estimate of drug-likeness (QED) is 0.0285. The van der Waals surface area contributed by atoms with E-state index in [0.717, 1.165) is 37.9 Å². The Hall–Kier alpha value is -4.57. The topological polar surface area (TPSA) is 160 Å². The van der Waals surface area contributed by atoms with E-state index in [-0.39, 0.29) is 54.6 Å². The lowest BCUT2D eigenvalue weighted by molar-refractivity contribution is -0.139. The molecular weight excluding hydrogens is 919 g/mol. The Morgan fingerprint density at radius 1 is 0.606 bits per heavy atom. The van der Waals surface area contributed by atoms with Gasteiger partial charge in [0, 0.05) is 38.3 Å². The molecule has 0 unspecified atom stereocenters. The number of rotatable bonds is 38. The van der Waals surface area contributed by atoms with Gasteiger partial charge >= 0.3 is 5.97 Å². The lowest BCUT2D eigenvalue weighted by atomic mass is 9.84. The highest BCUT2D eigenvalue weighted by atomic mass is 32.2. The highest BCUT2D eigenvalue weighted by Gasteiger charge is 2.39. The minimum absolute atomic E-state index is 0.0701. The van der Waals surface area contributed by atoms with E-state index in [4.69, 9.17) is 28.4 Å². The van der Waals surface area contributed by atoms with Crippen LogP contribution in [0.15, 0.2) is 103 Å². The van der Waals surface area contributed by atoms with Crippen molar-refractivity contribution in [2.45, 2.75) is 140 Å². The maximum absolute atomic E-state index is 13.0. The summed E-state index contributed by atoms with van der Waals surface area (Å²) in [7, 11) is 0. The molecular formula is C57H83N3O10S. The summed E-state index contributed by atoms with van der Waals surface area (Å²) in [6, 6.07) is 31.6. The van der Waals surface area contributed by atoms with E-state index >= 15 is 0 Å². The predicted octanol–water partition coefficient (Wildman–Crippen LogP) is 9.25. The Balaban J connectivity index is 0.945. The average molecular weight is 1000 g/mol. The molecule has 14 heteroatoms. The fourth-order valence-electron chi connectivity index (χ4n) is 8.72. The van der Waals surface area contributed by atoms with Crippen LogP contribution in [0.2, 0.25) is 0 Å². The monoisotopic (exact) mass is 1000 g/mol. The maximum atomic E-state index is 13.0. The third kappa shape index (κ3) is 22.0. The first-order chi connectivity index (χ1) is 34.7. The summed E-state index contributed by atoms with van der Waals surface area (Å²) in [5.74, 6) is 0.165. The molecule has 0 saturated carbocycles. The zero-order chi connectivity index (χ0) is 50.8. The standard InChI is InChI=1S/C57H83N3O10S/c1-5-50(6-2)70-52-44-46(56(64)69-7-3)43-51(55(52)59-45(4)61)60-54(63)32-34-65-36-38-67-40-41-68-39-37-66-35-33-58-53(62)31-23-12-10-8-9-11-13-24-42-71-57(47-25-17-14-18-26-47,48-27-19-15-20-28-48)49-29-21-16-22-30-49/h14-22,25-30,44,50-52,55H,5-13,23-24,31-43H2,1-4H3,(H,58,62)(H,59,61)(H,60,63)/t51-,52+,55+/m0/s1. The van der Waals surface area contributed by atoms with Crippen molar-refractivity contribution in [1.82, 2.24) is 16.0 Å². The van der Waals surface area contributed by atoms with E-state index in [1.165, 1.54) is 55.7 Å². The van der Waals surface area contributed by atoms with E-state index in [0.29, 0.717) is 64.8 Å². The molecule has 4 rings (SSSR count). The fraction of sp³-hybridized carbons (Fsp3) is 0.579. The maximum Gasteiger partial charge on any atom is 0.333 e. The summed E-state index contributed by atoms with van der Waals surface area (Å²) in [4.78, 5) is 50.1. The van der Waals surface area contributed by atoms with Crippen molar-refractivity contribution < 1.29 is 47.6 Å². The molecule has 0 aromatic heterocycles. The number of nitrogens with one attached hydrogen (secondary N) is 3. The number of esters is 1. The minimum Gasteiger partial charge on any atom is -0.463 e. The summed E-state index contributed by atoms with van der Waals surface area (Å²) in [5, 5.41) is 8.86. The number of hydrogen-bond donors (Lipinski definition) is 3. The number of unbranched alkanes of at least 4 members (excludes halogenated alkanes) is 7.